The first kappa shape index (κ1) is 17.5. The summed E-state index contributed by atoms with van der Waals surface area (Å²) in [5.41, 5.74) is 0. The van der Waals surface area contributed by atoms with Gasteiger partial charge in [0.05, 0.1) is 25.2 Å². The molecule has 132 valence electrons. The number of benzene rings is 1. The molecule has 7 heteroatoms. The number of hydrogen-bond acceptors (Lipinski definition) is 7. The molecule has 0 spiro atoms. The maximum atomic E-state index is 11.3. The molecule has 1 saturated heterocycles. The molecule has 1 aliphatic carbocycles. The zero-order chi connectivity index (χ0) is 17.1. The number of aliphatic hydroxyl groups excluding tert-OH is 2. The molecule has 24 heavy (non-hydrogen) atoms. The van der Waals surface area contributed by atoms with Crippen LogP contribution >= 0.6 is 11.8 Å². The molecule has 2 fully saturated rings. The largest absolute Gasteiger partial charge is 0.491 e. The van der Waals surface area contributed by atoms with Crippen LogP contribution in [0.4, 0.5) is 0 Å². The highest BCUT2D eigenvalue weighted by Gasteiger charge is 2.50. The average Bonchev–Trinajstić information content (AvgIpc) is 3.06. The molecule has 0 bridgehead atoms. The minimum absolute atomic E-state index is 0.0437. The van der Waals surface area contributed by atoms with Crippen molar-refractivity contribution in [3.05, 3.63) is 24.3 Å². The zero-order valence-corrected chi connectivity index (χ0v) is 14.3. The van der Waals surface area contributed by atoms with E-state index in [0.717, 1.165) is 4.90 Å². The topological polar surface area (TPSA) is 85.2 Å². The summed E-state index contributed by atoms with van der Waals surface area (Å²) in [5.74, 6) is 0.311. The Bertz CT molecular complexity index is 563. The van der Waals surface area contributed by atoms with E-state index in [-0.39, 0.29) is 37.6 Å². The van der Waals surface area contributed by atoms with Gasteiger partial charge >= 0.3 is 5.97 Å². The highest BCUT2D eigenvalue weighted by molar-refractivity contribution is 7.98. The third-order valence-electron chi connectivity index (χ3n) is 4.42. The molecule has 4 unspecified atom stereocenters. The first-order valence-corrected chi connectivity index (χ1v) is 9.23. The van der Waals surface area contributed by atoms with Gasteiger partial charge < -0.3 is 24.4 Å². The molecule has 1 aromatic carbocycles. The van der Waals surface area contributed by atoms with E-state index in [9.17, 15) is 15.0 Å². The molecule has 3 rings (SSSR count). The lowest BCUT2D eigenvalue weighted by Gasteiger charge is -2.22. The van der Waals surface area contributed by atoms with E-state index in [1.165, 1.54) is 0 Å². The molecule has 5 atom stereocenters. The lowest BCUT2D eigenvalue weighted by molar-refractivity contribution is -0.142. The number of aliphatic hydroxyl groups is 2. The van der Waals surface area contributed by atoms with E-state index in [0.29, 0.717) is 12.2 Å². The molecule has 0 amide bonds. The number of carbonyl (C=O) groups is 1. The van der Waals surface area contributed by atoms with Crippen molar-refractivity contribution in [2.24, 2.45) is 5.92 Å². The van der Waals surface area contributed by atoms with Crippen molar-refractivity contribution >= 4 is 17.7 Å². The van der Waals surface area contributed by atoms with E-state index < -0.39 is 18.3 Å². The van der Waals surface area contributed by atoms with E-state index in [1.54, 1.807) is 11.8 Å². The summed E-state index contributed by atoms with van der Waals surface area (Å²) in [4.78, 5) is 12.5. The van der Waals surface area contributed by atoms with Gasteiger partial charge in [0, 0.05) is 17.2 Å². The van der Waals surface area contributed by atoms with Gasteiger partial charge in [-0.15, -0.1) is 11.8 Å². The van der Waals surface area contributed by atoms with Crippen molar-refractivity contribution < 1.29 is 29.2 Å². The van der Waals surface area contributed by atoms with Crippen LogP contribution in [0.25, 0.3) is 0 Å². The van der Waals surface area contributed by atoms with Crippen LogP contribution in [0, 0.1) is 5.92 Å². The first-order valence-electron chi connectivity index (χ1n) is 8.01. The molecule has 1 saturated carbocycles. The van der Waals surface area contributed by atoms with Crippen LogP contribution in [-0.2, 0) is 14.3 Å². The molecular weight excluding hydrogens is 332 g/mol. The maximum absolute atomic E-state index is 11.3. The van der Waals surface area contributed by atoms with Crippen molar-refractivity contribution in [3.63, 3.8) is 0 Å². The highest BCUT2D eigenvalue weighted by Crippen LogP contribution is 2.38. The van der Waals surface area contributed by atoms with Crippen molar-refractivity contribution in [1.29, 1.82) is 0 Å². The lowest BCUT2D eigenvalue weighted by Crippen LogP contribution is -2.34. The standard InChI is InChI=1S/C17H22O6S/c1-24-12-4-2-11(3-5-12)21-8-10(18)9-22-17-13-6-16(20)23-15(13)7-14(17)19/h2-5,10,13-15,17-19H,6-9H2,1H3/t10?,13-,14?,15?,17?/m1/s1. The normalized spacial score (nSPS) is 30.0. The number of fused-ring (bicyclic) bond motifs is 1. The Balaban J connectivity index is 1.43. The fourth-order valence-corrected chi connectivity index (χ4v) is 3.61. The van der Waals surface area contributed by atoms with Gasteiger partial charge in [-0.25, -0.2) is 0 Å². The molecule has 6 nitrogen and oxygen atoms in total. The quantitative estimate of drug-likeness (QED) is 0.563. The molecule has 1 aliphatic heterocycles. The number of carbonyl (C=O) groups excluding carboxylic acids is 1. The second kappa shape index (κ2) is 7.74. The van der Waals surface area contributed by atoms with E-state index in [1.807, 2.05) is 30.5 Å². The van der Waals surface area contributed by atoms with Crippen LogP contribution in [0.3, 0.4) is 0 Å². The SMILES string of the molecule is CSc1ccc(OCC(O)COC2C(O)CC3OC(=O)C[C@H]32)cc1. The second-order valence-electron chi connectivity index (χ2n) is 6.14. The van der Waals surface area contributed by atoms with Gasteiger partial charge in [0.15, 0.2) is 0 Å². The van der Waals surface area contributed by atoms with Crippen LogP contribution in [-0.4, -0.2) is 60.1 Å². The predicted octanol–water partition coefficient (Wildman–Crippen LogP) is 1.23. The summed E-state index contributed by atoms with van der Waals surface area (Å²) in [5, 5.41) is 20.0. The molecule has 0 radical (unpaired) electrons. The summed E-state index contributed by atoms with van der Waals surface area (Å²) in [6, 6.07) is 7.61. The molecule has 0 aromatic heterocycles. The maximum Gasteiger partial charge on any atom is 0.306 e. The number of ether oxygens (including phenoxy) is 3. The number of rotatable bonds is 7. The minimum atomic E-state index is -0.811. The average molecular weight is 354 g/mol. The third-order valence-corrected chi connectivity index (χ3v) is 5.16. The fraction of sp³-hybridized carbons (Fsp3) is 0.588. The van der Waals surface area contributed by atoms with E-state index in [4.69, 9.17) is 14.2 Å². The number of esters is 1. The van der Waals surface area contributed by atoms with Gasteiger partial charge in [-0.1, -0.05) is 0 Å². The Hall–Kier alpha value is -1.28. The Kier molecular flexibility index (Phi) is 5.65. The molecule has 1 aromatic rings. The summed E-state index contributed by atoms with van der Waals surface area (Å²) < 4.78 is 16.3. The van der Waals surface area contributed by atoms with Gasteiger partial charge in [0.2, 0.25) is 0 Å². The van der Waals surface area contributed by atoms with Crippen LogP contribution in [0.1, 0.15) is 12.8 Å². The van der Waals surface area contributed by atoms with Gasteiger partial charge in [0.25, 0.3) is 0 Å². The zero-order valence-electron chi connectivity index (χ0n) is 13.5. The Morgan fingerprint density at radius 3 is 2.79 bits per heavy atom. The predicted molar refractivity (Wildman–Crippen MR) is 88.1 cm³/mol. The molecule has 1 heterocycles. The summed E-state index contributed by atoms with van der Waals surface area (Å²) in [6.45, 7) is 0.146. The summed E-state index contributed by atoms with van der Waals surface area (Å²) in [6.07, 6.45) is 0.450. The Morgan fingerprint density at radius 2 is 2.08 bits per heavy atom. The summed E-state index contributed by atoms with van der Waals surface area (Å²) >= 11 is 1.65. The van der Waals surface area contributed by atoms with Gasteiger partial charge in [-0.3, -0.25) is 4.79 Å². The smallest absolute Gasteiger partial charge is 0.306 e. The van der Waals surface area contributed by atoms with E-state index in [2.05, 4.69) is 0 Å². The van der Waals surface area contributed by atoms with Gasteiger partial charge in [-0.2, -0.15) is 0 Å². The van der Waals surface area contributed by atoms with Crippen LogP contribution in [0.2, 0.25) is 0 Å². The van der Waals surface area contributed by atoms with Crippen molar-refractivity contribution in [1.82, 2.24) is 0 Å². The highest BCUT2D eigenvalue weighted by atomic mass is 32.2. The van der Waals surface area contributed by atoms with Crippen LogP contribution in [0.15, 0.2) is 29.2 Å². The van der Waals surface area contributed by atoms with Crippen molar-refractivity contribution in [2.45, 2.75) is 42.2 Å². The molecule has 2 N–H and O–H groups in total. The second-order valence-corrected chi connectivity index (χ2v) is 7.02. The molecule has 2 aliphatic rings. The monoisotopic (exact) mass is 354 g/mol. The Labute approximate surface area is 145 Å². The van der Waals surface area contributed by atoms with Crippen molar-refractivity contribution in [2.75, 3.05) is 19.5 Å². The van der Waals surface area contributed by atoms with Crippen molar-refractivity contribution in [3.8, 4) is 5.75 Å². The van der Waals surface area contributed by atoms with Crippen LogP contribution < -0.4 is 4.74 Å². The first-order chi connectivity index (χ1) is 11.6. The third kappa shape index (κ3) is 4.03. The van der Waals surface area contributed by atoms with Gasteiger partial charge in [0.1, 0.15) is 24.6 Å². The Morgan fingerprint density at radius 1 is 1.33 bits per heavy atom. The lowest BCUT2D eigenvalue weighted by atomic mass is 10.0. The molecular formula is C17H22O6S. The fourth-order valence-electron chi connectivity index (χ4n) is 3.21. The summed E-state index contributed by atoms with van der Waals surface area (Å²) in [7, 11) is 0. The van der Waals surface area contributed by atoms with E-state index >= 15 is 0 Å². The van der Waals surface area contributed by atoms with Gasteiger partial charge in [-0.05, 0) is 30.5 Å². The number of hydrogen-bond donors (Lipinski definition) is 2. The van der Waals surface area contributed by atoms with Crippen LogP contribution in [0.5, 0.6) is 5.75 Å². The minimum Gasteiger partial charge on any atom is -0.491 e. The number of thioether (sulfide) groups is 1.